The van der Waals surface area contributed by atoms with Crippen LogP contribution in [0.3, 0.4) is 0 Å². The lowest BCUT2D eigenvalue weighted by Gasteiger charge is -2.24. The van der Waals surface area contributed by atoms with E-state index in [4.69, 9.17) is 4.74 Å². The van der Waals surface area contributed by atoms with E-state index in [-0.39, 0.29) is 18.0 Å². The molecule has 0 aromatic heterocycles. The molecule has 9 heteroatoms. The summed E-state index contributed by atoms with van der Waals surface area (Å²) in [5, 5.41) is 4.92. The summed E-state index contributed by atoms with van der Waals surface area (Å²) in [4.78, 5) is 49.4. The Hall–Kier alpha value is -2.97. The van der Waals surface area contributed by atoms with E-state index in [1.165, 1.54) is 25.1 Å². The zero-order valence-corrected chi connectivity index (χ0v) is 15.3. The molecule has 2 N–H and O–H groups in total. The Labute approximate surface area is 156 Å². The van der Waals surface area contributed by atoms with Gasteiger partial charge >= 0.3 is 12.0 Å². The van der Waals surface area contributed by atoms with Crippen LogP contribution in [0.4, 0.5) is 9.18 Å². The SMILES string of the molecule is CC(C)[C@H](NC(=O)c1ccccc1F)C(=O)O[C@@H](C)C(=O)N1CCNC1=O. The molecule has 1 heterocycles. The third-order valence-electron chi connectivity index (χ3n) is 4.09. The van der Waals surface area contributed by atoms with Gasteiger partial charge in [0.1, 0.15) is 11.9 Å². The van der Waals surface area contributed by atoms with Crippen molar-refractivity contribution in [1.82, 2.24) is 15.5 Å². The zero-order valence-electron chi connectivity index (χ0n) is 15.3. The standard InChI is InChI=1S/C18H22FN3O5/c1-10(2)14(21-15(23)12-6-4-5-7-13(12)19)17(25)27-11(3)16(24)22-9-8-20-18(22)26/h4-7,10-11,14H,8-9H2,1-3H3,(H,20,26)(H,21,23)/t11-,14-/m0/s1. The number of amides is 4. The number of carbonyl (C=O) groups excluding carboxylic acids is 4. The van der Waals surface area contributed by atoms with E-state index in [0.29, 0.717) is 6.54 Å². The van der Waals surface area contributed by atoms with Crippen molar-refractivity contribution in [3.8, 4) is 0 Å². The summed E-state index contributed by atoms with van der Waals surface area (Å²) in [6.45, 7) is 5.22. The van der Waals surface area contributed by atoms with Gasteiger partial charge in [-0.25, -0.2) is 14.0 Å². The highest BCUT2D eigenvalue weighted by Crippen LogP contribution is 2.12. The highest BCUT2D eigenvalue weighted by molar-refractivity contribution is 5.99. The largest absolute Gasteiger partial charge is 0.451 e. The van der Waals surface area contributed by atoms with E-state index in [1.807, 2.05) is 0 Å². The van der Waals surface area contributed by atoms with Crippen LogP contribution in [0.15, 0.2) is 24.3 Å². The molecule has 4 amide bonds. The van der Waals surface area contributed by atoms with Crippen molar-refractivity contribution in [3.05, 3.63) is 35.6 Å². The van der Waals surface area contributed by atoms with E-state index in [2.05, 4.69) is 10.6 Å². The maximum Gasteiger partial charge on any atom is 0.329 e. The number of nitrogens with zero attached hydrogens (tertiary/aromatic N) is 1. The van der Waals surface area contributed by atoms with Crippen LogP contribution in [0.25, 0.3) is 0 Å². The number of esters is 1. The topological polar surface area (TPSA) is 105 Å². The quantitative estimate of drug-likeness (QED) is 0.720. The van der Waals surface area contributed by atoms with Gasteiger partial charge in [0.15, 0.2) is 6.10 Å². The van der Waals surface area contributed by atoms with Crippen molar-refractivity contribution in [2.45, 2.75) is 32.9 Å². The van der Waals surface area contributed by atoms with Crippen LogP contribution in [0.1, 0.15) is 31.1 Å². The Balaban J connectivity index is 2.04. The molecule has 0 radical (unpaired) electrons. The van der Waals surface area contributed by atoms with Gasteiger partial charge in [0.25, 0.3) is 11.8 Å². The molecule has 0 spiro atoms. The second-order valence-corrected chi connectivity index (χ2v) is 6.48. The Morgan fingerprint density at radius 1 is 1.22 bits per heavy atom. The molecule has 1 aromatic rings. The average Bonchev–Trinajstić information content (AvgIpc) is 3.04. The summed E-state index contributed by atoms with van der Waals surface area (Å²) in [6.07, 6.45) is -1.20. The maximum atomic E-state index is 13.8. The van der Waals surface area contributed by atoms with Crippen molar-refractivity contribution in [1.29, 1.82) is 0 Å². The molecular weight excluding hydrogens is 357 g/mol. The third kappa shape index (κ3) is 4.81. The molecule has 1 saturated heterocycles. The van der Waals surface area contributed by atoms with Crippen LogP contribution in [0.5, 0.6) is 0 Å². The van der Waals surface area contributed by atoms with Crippen molar-refractivity contribution in [2.24, 2.45) is 5.92 Å². The van der Waals surface area contributed by atoms with E-state index >= 15 is 0 Å². The summed E-state index contributed by atoms with van der Waals surface area (Å²) in [5.41, 5.74) is -0.200. The minimum Gasteiger partial charge on any atom is -0.451 e. The van der Waals surface area contributed by atoms with Gasteiger partial charge in [-0.1, -0.05) is 26.0 Å². The van der Waals surface area contributed by atoms with Crippen molar-refractivity contribution < 1.29 is 28.3 Å². The zero-order chi connectivity index (χ0) is 20.1. The summed E-state index contributed by atoms with van der Waals surface area (Å²) >= 11 is 0. The normalized spacial score (nSPS) is 15.9. The van der Waals surface area contributed by atoms with Crippen molar-refractivity contribution in [3.63, 3.8) is 0 Å². The molecule has 2 atom stereocenters. The van der Waals surface area contributed by atoms with E-state index in [1.54, 1.807) is 13.8 Å². The van der Waals surface area contributed by atoms with E-state index in [0.717, 1.165) is 11.0 Å². The molecule has 146 valence electrons. The molecule has 0 aliphatic carbocycles. The second kappa shape index (κ2) is 8.61. The Kier molecular flexibility index (Phi) is 6.49. The molecule has 1 aliphatic heterocycles. The van der Waals surface area contributed by atoms with Gasteiger partial charge in [0.2, 0.25) is 0 Å². The van der Waals surface area contributed by atoms with Crippen molar-refractivity contribution >= 4 is 23.8 Å². The first-order valence-electron chi connectivity index (χ1n) is 8.57. The van der Waals surface area contributed by atoms with Gasteiger partial charge in [-0.3, -0.25) is 14.5 Å². The number of rotatable bonds is 6. The van der Waals surface area contributed by atoms with Crippen LogP contribution >= 0.6 is 0 Å². The monoisotopic (exact) mass is 379 g/mol. The van der Waals surface area contributed by atoms with Gasteiger partial charge in [-0.15, -0.1) is 0 Å². The lowest BCUT2D eigenvalue weighted by atomic mass is 10.0. The average molecular weight is 379 g/mol. The molecule has 27 heavy (non-hydrogen) atoms. The Bertz CT molecular complexity index is 752. The number of imide groups is 1. The number of hydrogen-bond donors (Lipinski definition) is 2. The lowest BCUT2D eigenvalue weighted by Crippen LogP contribution is -2.48. The van der Waals surface area contributed by atoms with Crippen LogP contribution < -0.4 is 10.6 Å². The number of benzene rings is 1. The first-order valence-corrected chi connectivity index (χ1v) is 8.57. The number of nitrogens with one attached hydrogen (secondary N) is 2. The smallest absolute Gasteiger partial charge is 0.329 e. The fourth-order valence-electron chi connectivity index (χ4n) is 2.56. The molecule has 0 bridgehead atoms. The van der Waals surface area contributed by atoms with Gasteiger partial charge in [0, 0.05) is 13.1 Å². The predicted molar refractivity (Wildman–Crippen MR) is 93.2 cm³/mol. The van der Waals surface area contributed by atoms with E-state index in [9.17, 15) is 23.6 Å². The van der Waals surface area contributed by atoms with Crippen LogP contribution in [-0.2, 0) is 14.3 Å². The van der Waals surface area contributed by atoms with Crippen molar-refractivity contribution in [2.75, 3.05) is 13.1 Å². The molecular formula is C18H22FN3O5. The number of ether oxygens (including phenoxy) is 1. The Morgan fingerprint density at radius 2 is 1.89 bits per heavy atom. The second-order valence-electron chi connectivity index (χ2n) is 6.48. The highest BCUT2D eigenvalue weighted by atomic mass is 19.1. The molecule has 0 unspecified atom stereocenters. The molecule has 1 aromatic carbocycles. The summed E-state index contributed by atoms with van der Waals surface area (Å²) < 4.78 is 18.9. The Morgan fingerprint density at radius 3 is 2.44 bits per heavy atom. The minimum absolute atomic E-state index is 0.192. The molecule has 8 nitrogen and oxygen atoms in total. The number of hydrogen-bond acceptors (Lipinski definition) is 5. The fourth-order valence-corrected chi connectivity index (χ4v) is 2.56. The highest BCUT2D eigenvalue weighted by Gasteiger charge is 2.34. The summed E-state index contributed by atoms with van der Waals surface area (Å²) in [6, 6.07) is 3.76. The molecule has 1 fully saturated rings. The number of halogens is 1. The molecule has 2 rings (SSSR count). The molecule has 0 saturated carbocycles. The van der Waals surface area contributed by atoms with Gasteiger partial charge < -0.3 is 15.4 Å². The van der Waals surface area contributed by atoms with Gasteiger partial charge in [-0.05, 0) is 25.0 Å². The summed E-state index contributed by atoms with van der Waals surface area (Å²) in [5.74, 6) is -3.34. The lowest BCUT2D eigenvalue weighted by molar-refractivity contribution is -0.160. The summed E-state index contributed by atoms with van der Waals surface area (Å²) in [7, 11) is 0. The van der Waals surface area contributed by atoms with Gasteiger partial charge in [-0.2, -0.15) is 0 Å². The van der Waals surface area contributed by atoms with Gasteiger partial charge in [0.05, 0.1) is 5.56 Å². The molecule has 1 aliphatic rings. The fraction of sp³-hybridized carbons (Fsp3) is 0.444. The minimum atomic E-state index is -1.20. The number of urea groups is 1. The van der Waals surface area contributed by atoms with E-state index < -0.39 is 41.8 Å². The van der Waals surface area contributed by atoms with Crippen LogP contribution in [0, 0.1) is 11.7 Å². The maximum absolute atomic E-state index is 13.8. The first-order chi connectivity index (χ1) is 12.7. The van der Waals surface area contributed by atoms with Crippen LogP contribution in [0.2, 0.25) is 0 Å². The third-order valence-corrected chi connectivity index (χ3v) is 4.09. The number of carbonyl (C=O) groups is 4. The predicted octanol–water partition coefficient (Wildman–Crippen LogP) is 1.06. The first kappa shape index (κ1) is 20.3. The van der Waals surface area contributed by atoms with Crippen LogP contribution in [-0.4, -0.2) is 54.0 Å².